The van der Waals surface area contributed by atoms with Crippen LogP contribution in [0.5, 0.6) is 5.75 Å². The Balaban J connectivity index is 2.44. The van der Waals surface area contributed by atoms with E-state index in [1.165, 1.54) is 26.2 Å². The summed E-state index contributed by atoms with van der Waals surface area (Å²) in [5, 5.41) is 2.13. The van der Waals surface area contributed by atoms with Crippen molar-refractivity contribution in [1.29, 1.82) is 0 Å². The number of rotatable bonds is 6. The molecule has 0 fully saturated rings. The Morgan fingerprint density at radius 3 is 2.62 bits per heavy atom. The molecule has 0 saturated heterocycles. The normalized spacial score (nSPS) is 9.81. The fourth-order valence-electron chi connectivity index (χ4n) is 1.45. The molecular weight excluding hydrogens is 294 g/mol. The first kappa shape index (κ1) is 17.0. The van der Waals surface area contributed by atoms with E-state index in [0.717, 1.165) is 11.8 Å². The Hall–Kier alpha value is -2.02. The van der Waals surface area contributed by atoms with Crippen molar-refractivity contribution in [2.45, 2.75) is 13.3 Å². The van der Waals surface area contributed by atoms with E-state index in [-0.39, 0.29) is 17.2 Å². The largest absolute Gasteiger partial charge is 0.465 e. The highest BCUT2D eigenvalue weighted by atomic mass is 32.2. The highest BCUT2D eigenvalue weighted by Crippen LogP contribution is 2.21. The summed E-state index contributed by atoms with van der Waals surface area (Å²) in [6, 6.07) is 6.37. The Morgan fingerprint density at radius 2 is 1.95 bits per heavy atom. The molecule has 0 atom stereocenters. The number of ether oxygens (including phenoxy) is 2. The number of nitrogens with one attached hydrogen (secondary N) is 1. The lowest BCUT2D eigenvalue weighted by atomic mass is 10.2. The summed E-state index contributed by atoms with van der Waals surface area (Å²) < 4.78 is 9.75. The van der Waals surface area contributed by atoms with Gasteiger partial charge in [0.2, 0.25) is 5.91 Å². The Bertz CT molecular complexity index is 518. The predicted octanol–water partition coefficient (Wildman–Crippen LogP) is 2.23. The van der Waals surface area contributed by atoms with Crippen molar-refractivity contribution in [2.75, 3.05) is 19.4 Å². The van der Waals surface area contributed by atoms with Gasteiger partial charge in [-0.05, 0) is 30.3 Å². The van der Waals surface area contributed by atoms with Crippen LogP contribution in [-0.2, 0) is 9.53 Å². The van der Waals surface area contributed by atoms with Crippen LogP contribution >= 0.6 is 11.8 Å². The lowest BCUT2D eigenvalue weighted by Gasteiger charge is -2.08. The molecule has 114 valence electrons. The fourth-order valence-corrected chi connectivity index (χ4v) is 2.05. The Kier molecular flexibility index (Phi) is 7.31. The zero-order valence-electron chi connectivity index (χ0n) is 11.9. The molecule has 21 heavy (non-hydrogen) atoms. The summed E-state index contributed by atoms with van der Waals surface area (Å²) in [5.41, 5.74) is 0.201. The second-order valence-corrected chi connectivity index (χ2v) is 5.06. The minimum Gasteiger partial charge on any atom is -0.465 e. The summed E-state index contributed by atoms with van der Waals surface area (Å²) in [7, 11) is 1.26. The molecule has 1 aromatic carbocycles. The lowest BCUT2D eigenvalue weighted by Crippen LogP contribution is -2.21. The number of hydrogen-bond acceptors (Lipinski definition) is 6. The molecule has 0 aliphatic carbocycles. The molecule has 0 saturated carbocycles. The van der Waals surface area contributed by atoms with Gasteiger partial charge in [-0.2, -0.15) is 0 Å². The third-order valence-electron chi connectivity index (χ3n) is 2.40. The number of carbonyl (C=O) groups excluding carboxylic acids is 3. The third kappa shape index (κ3) is 6.31. The average molecular weight is 311 g/mol. The van der Waals surface area contributed by atoms with Crippen molar-refractivity contribution in [2.24, 2.45) is 0 Å². The topological polar surface area (TPSA) is 81.7 Å². The number of benzene rings is 1. The number of hydrogen-bond donors (Lipinski definition) is 1. The van der Waals surface area contributed by atoms with Crippen LogP contribution < -0.4 is 10.1 Å². The zero-order valence-corrected chi connectivity index (χ0v) is 12.7. The van der Waals surface area contributed by atoms with Gasteiger partial charge in [-0.1, -0.05) is 12.1 Å². The molecule has 0 radical (unpaired) electrons. The number of methoxy groups -OCH3 is 1. The van der Waals surface area contributed by atoms with Crippen molar-refractivity contribution in [1.82, 2.24) is 5.32 Å². The highest BCUT2D eigenvalue weighted by molar-refractivity contribution is 8.13. The van der Waals surface area contributed by atoms with Crippen LogP contribution in [0.1, 0.15) is 23.7 Å². The summed E-state index contributed by atoms with van der Waals surface area (Å²) in [6.07, 6.45) is 0.651. The molecule has 1 amide bonds. The fraction of sp³-hybridized carbons (Fsp3) is 0.357. The smallest absolute Gasteiger partial charge is 0.372 e. The van der Waals surface area contributed by atoms with Crippen LogP contribution in [0.15, 0.2) is 24.3 Å². The summed E-state index contributed by atoms with van der Waals surface area (Å²) in [4.78, 5) is 33.9. The van der Waals surface area contributed by atoms with Crippen LogP contribution in [-0.4, -0.2) is 36.6 Å². The number of thioether (sulfide) groups is 1. The minimum absolute atomic E-state index is 0.102. The summed E-state index contributed by atoms with van der Waals surface area (Å²) in [5.74, 6) is 0.0202. The molecule has 0 aliphatic heterocycles. The van der Waals surface area contributed by atoms with Crippen LogP contribution in [0.3, 0.4) is 0 Å². The monoisotopic (exact) mass is 311 g/mol. The molecule has 0 aromatic heterocycles. The van der Waals surface area contributed by atoms with E-state index in [2.05, 4.69) is 10.1 Å². The molecule has 0 unspecified atom stereocenters. The van der Waals surface area contributed by atoms with Gasteiger partial charge < -0.3 is 14.8 Å². The number of esters is 1. The number of amides is 1. The van der Waals surface area contributed by atoms with Crippen molar-refractivity contribution >= 4 is 28.9 Å². The van der Waals surface area contributed by atoms with E-state index < -0.39 is 11.3 Å². The van der Waals surface area contributed by atoms with Gasteiger partial charge in [-0.3, -0.25) is 4.79 Å². The molecule has 0 aliphatic rings. The second kappa shape index (κ2) is 9.02. The molecule has 1 N–H and O–H groups in total. The third-order valence-corrected chi connectivity index (χ3v) is 3.21. The Labute approximate surface area is 127 Å². The van der Waals surface area contributed by atoms with E-state index in [9.17, 15) is 14.4 Å². The summed E-state index contributed by atoms with van der Waals surface area (Å²) >= 11 is 0.986. The van der Waals surface area contributed by atoms with E-state index >= 15 is 0 Å². The van der Waals surface area contributed by atoms with Crippen molar-refractivity contribution < 1.29 is 23.9 Å². The molecule has 0 heterocycles. The molecule has 6 nitrogen and oxygen atoms in total. The molecule has 1 aromatic rings. The SMILES string of the molecule is COC(=O)c1ccccc1OC(=O)SCCCNC(C)=O. The maximum absolute atomic E-state index is 11.7. The van der Waals surface area contributed by atoms with Crippen molar-refractivity contribution in [3.05, 3.63) is 29.8 Å². The lowest BCUT2D eigenvalue weighted by molar-refractivity contribution is -0.118. The molecule has 7 heteroatoms. The van der Waals surface area contributed by atoms with Crippen LogP contribution in [0.25, 0.3) is 0 Å². The first-order chi connectivity index (χ1) is 10.0. The zero-order chi connectivity index (χ0) is 15.7. The predicted molar refractivity (Wildman–Crippen MR) is 79.6 cm³/mol. The standard InChI is InChI=1S/C14H17NO5S/c1-10(16)15-8-5-9-21-14(18)20-12-7-4-3-6-11(12)13(17)19-2/h3-4,6-7H,5,8-9H2,1-2H3,(H,15,16). The van der Waals surface area contributed by atoms with Gasteiger partial charge in [-0.25, -0.2) is 9.59 Å². The molecule has 1 rings (SSSR count). The van der Waals surface area contributed by atoms with Gasteiger partial charge in [0.15, 0.2) is 0 Å². The first-order valence-electron chi connectivity index (χ1n) is 6.31. The van der Waals surface area contributed by atoms with Crippen molar-refractivity contribution in [3.8, 4) is 5.75 Å². The molecule has 0 bridgehead atoms. The van der Waals surface area contributed by atoms with E-state index in [4.69, 9.17) is 4.74 Å². The Morgan fingerprint density at radius 1 is 1.24 bits per heavy atom. The molecular formula is C14H17NO5S. The number of para-hydroxylation sites is 1. The minimum atomic E-state index is -0.561. The van der Waals surface area contributed by atoms with E-state index in [1.54, 1.807) is 12.1 Å². The maximum atomic E-state index is 11.7. The van der Waals surface area contributed by atoms with Gasteiger partial charge in [0.05, 0.1) is 7.11 Å². The maximum Gasteiger partial charge on any atom is 0.372 e. The van der Waals surface area contributed by atoms with Gasteiger partial charge in [0.1, 0.15) is 11.3 Å². The van der Waals surface area contributed by atoms with Gasteiger partial charge in [0, 0.05) is 19.2 Å². The van der Waals surface area contributed by atoms with Crippen molar-refractivity contribution in [3.63, 3.8) is 0 Å². The second-order valence-electron chi connectivity index (χ2n) is 4.02. The average Bonchev–Trinajstić information content (AvgIpc) is 2.46. The van der Waals surface area contributed by atoms with Crippen LogP contribution in [0.4, 0.5) is 4.79 Å². The van der Waals surface area contributed by atoms with Gasteiger partial charge >= 0.3 is 11.3 Å². The highest BCUT2D eigenvalue weighted by Gasteiger charge is 2.15. The van der Waals surface area contributed by atoms with E-state index in [0.29, 0.717) is 18.7 Å². The van der Waals surface area contributed by atoms with Crippen LogP contribution in [0, 0.1) is 0 Å². The number of carbonyl (C=O) groups is 3. The van der Waals surface area contributed by atoms with E-state index in [1.807, 2.05) is 0 Å². The van der Waals surface area contributed by atoms with Gasteiger partial charge in [-0.15, -0.1) is 0 Å². The summed E-state index contributed by atoms with van der Waals surface area (Å²) in [6.45, 7) is 1.94. The van der Waals surface area contributed by atoms with Crippen LogP contribution in [0.2, 0.25) is 0 Å². The molecule has 0 spiro atoms. The quantitative estimate of drug-likeness (QED) is 0.641. The van der Waals surface area contributed by atoms with Gasteiger partial charge in [0.25, 0.3) is 0 Å². The first-order valence-corrected chi connectivity index (χ1v) is 7.29.